The number of nitrogens with one attached hydrogen (secondary N) is 3. The molecule has 0 saturated carbocycles. The molecule has 4 N–H and O–H groups in total. The lowest BCUT2D eigenvalue weighted by molar-refractivity contribution is -0.120. The van der Waals surface area contributed by atoms with Gasteiger partial charge < -0.3 is 21.1 Å². The van der Waals surface area contributed by atoms with Gasteiger partial charge in [0.2, 0.25) is 5.91 Å². The van der Waals surface area contributed by atoms with E-state index in [4.69, 9.17) is 5.11 Å². The third-order valence-corrected chi connectivity index (χ3v) is 2.38. The number of pyridine rings is 1. The van der Waals surface area contributed by atoms with E-state index in [1.807, 2.05) is 13.8 Å². The summed E-state index contributed by atoms with van der Waals surface area (Å²) in [4.78, 5) is 37.6. The van der Waals surface area contributed by atoms with E-state index < -0.39 is 12.0 Å². The summed E-state index contributed by atoms with van der Waals surface area (Å²) in [7, 11) is 0. The average molecular weight is 294 g/mol. The highest BCUT2D eigenvalue weighted by Gasteiger charge is 2.13. The number of carboxylic acid groups (broad SMARTS) is 1. The van der Waals surface area contributed by atoms with Crippen molar-refractivity contribution in [1.82, 2.24) is 15.6 Å². The molecule has 1 heterocycles. The molecule has 1 rings (SSSR count). The lowest BCUT2D eigenvalue weighted by Crippen LogP contribution is -2.40. The Labute approximate surface area is 121 Å². The van der Waals surface area contributed by atoms with E-state index in [1.54, 1.807) is 0 Å². The minimum absolute atomic E-state index is 0.0603. The van der Waals surface area contributed by atoms with Crippen LogP contribution in [-0.2, 0) is 4.79 Å². The number of aromatic carboxylic acids is 1. The maximum absolute atomic E-state index is 11.6. The van der Waals surface area contributed by atoms with E-state index in [-0.39, 0.29) is 23.8 Å². The number of hydrogen-bond donors (Lipinski definition) is 4. The zero-order valence-electron chi connectivity index (χ0n) is 11.8. The molecule has 8 heteroatoms. The van der Waals surface area contributed by atoms with Gasteiger partial charge >= 0.3 is 12.0 Å². The van der Waals surface area contributed by atoms with Gasteiger partial charge in [-0.3, -0.25) is 4.79 Å². The number of hydrogen-bond acceptors (Lipinski definition) is 4. The quantitative estimate of drug-likeness (QED) is 0.614. The van der Waals surface area contributed by atoms with Gasteiger partial charge in [0.15, 0.2) is 5.69 Å². The Bertz CT molecular complexity index is 531. The van der Waals surface area contributed by atoms with Crippen molar-refractivity contribution in [2.75, 3.05) is 18.4 Å². The number of rotatable bonds is 6. The fraction of sp³-hybridized carbons (Fsp3) is 0.385. The Morgan fingerprint density at radius 3 is 2.62 bits per heavy atom. The summed E-state index contributed by atoms with van der Waals surface area (Å²) < 4.78 is 0. The Hall–Kier alpha value is -2.64. The van der Waals surface area contributed by atoms with Gasteiger partial charge in [-0.05, 0) is 18.1 Å². The third-order valence-electron chi connectivity index (χ3n) is 2.38. The van der Waals surface area contributed by atoms with Crippen molar-refractivity contribution >= 4 is 23.6 Å². The summed E-state index contributed by atoms with van der Waals surface area (Å²) in [6, 6.07) is 2.23. The summed E-state index contributed by atoms with van der Waals surface area (Å²) >= 11 is 0. The summed E-state index contributed by atoms with van der Waals surface area (Å²) in [5.41, 5.74) is -0.206. The van der Waals surface area contributed by atoms with E-state index in [9.17, 15) is 14.4 Å². The van der Waals surface area contributed by atoms with Gasteiger partial charge in [0, 0.05) is 12.7 Å². The van der Waals surface area contributed by atoms with Gasteiger partial charge in [-0.15, -0.1) is 0 Å². The molecule has 0 aromatic carbocycles. The molecule has 3 amide bonds. The predicted octanol–water partition coefficient (Wildman–Crippen LogP) is 0.673. The molecular weight excluding hydrogens is 276 g/mol. The van der Waals surface area contributed by atoms with Crippen molar-refractivity contribution < 1.29 is 19.5 Å². The van der Waals surface area contributed by atoms with Gasteiger partial charge in [-0.2, -0.15) is 0 Å². The van der Waals surface area contributed by atoms with E-state index in [0.29, 0.717) is 12.5 Å². The minimum Gasteiger partial charge on any atom is -0.476 e. The highest BCUT2D eigenvalue weighted by molar-refractivity contribution is 5.99. The number of urea groups is 1. The SMILES string of the molecule is CC(C)CNC(=O)CNC(=O)Nc1cccnc1C(=O)O. The van der Waals surface area contributed by atoms with Crippen LogP contribution >= 0.6 is 0 Å². The first-order chi connectivity index (χ1) is 9.90. The van der Waals surface area contributed by atoms with Crippen LogP contribution in [0.25, 0.3) is 0 Å². The highest BCUT2D eigenvalue weighted by Crippen LogP contribution is 2.11. The zero-order chi connectivity index (χ0) is 15.8. The first-order valence-corrected chi connectivity index (χ1v) is 6.40. The molecule has 0 fully saturated rings. The molecule has 1 aromatic rings. The maximum Gasteiger partial charge on any atom is 0.356 e. The van der Waals surface area contributed by atoms with E-state index in [1.165, 1.54) is 18.3 Å². The molecule has 1 aromatic heterocycles. The van der Waals surface area contributed by atoms with E-state index in [2.05, 4.69) is 20.9 Å². The molecule has 0 spiro atoms. The molecule has 0 aliphatic rings. The molecule has 0 aliphatic heterocycles. The number of carboxylic acids is 1. The van der Waals surface area contributed by atoms with Crippen LogP contribution in [0.3, 0.4) is 0 Å². The largest absolute Gasteiger partial charge is 0.476 e. The standard InChI is InChI=1S/C13H18N4O4/c1-8(2)6-15-10(18)7-16-13(21)17-9-4-3-5-14-11(9)12(19)20/h3-5,8H,6-7H2,1-2H3,(H,15,18)(H,19,20)(H2,16,17,21). The van der Waals surface area contributed by atoms with Gasteiger partial charge in [-0.25, -0.2) is 14.6 Å². The Morgan fingerprint density at radius 1 is 1.29 bits per heavy atom. The van der Waals surface area contributed by atoms with Crippen LogP contribution in [0, 0.1) is 5.92 Å². The van der Waals surface area contributed by atoms with Crippen LogP contribution in [-0.4, -0.2) is 41.1 Å². The molecule has 0 atom stereocenters. The minimum atomic E-state index is -1.25. The van der Waals surface area contributed by atoms with Crippen molar-refractivity contribution in [3.8, 4) is 0 Å². The second-order valence-corrected chi connectivity index (χ2v) is 4.71. The van der Waals surface area contributed by atoms with Crippen molar-refractivity contribution in [1.29, 1.82) is 0 Å². The van der Waals surface area contributed by atoms with Crippen molar-refractivity contribution in [2.45, 2.75) is 13.8 Å². The molecule has 0 bridgehead atoms. The van der Waals surface area contributed by atoms with E-state index in [0.717, 1.165) is 0 Å². The molecule has 114 valence electrons. The second kappa shape index (κ2) is 7.83. The molecule has 0 aliphatic carbocycles. The smallest absolute Gasteiger partial charge is 0.356 e. The fourth-order valence-corrected chi connectivity index (χ4v) is 1.38. The van der Waals surface area contributed by atoms with Crippen LogP contribution in [0.15, 0.2) is 18.3 Å². The Kier molecular flexibility index (Phi) is 6.12. The highest BCUT2D eigenvalue weighted by atomic mass is 16.4. The Balaban J connectivity index is 2.48. The second-order valence-electron chi connectivity index (χ2n) is 4.71. The van der Waals surface area contributed by atoms with Gasteiger partial charge in [-0.1, -0.05) is 13.8 Å². The number of anilines is 1. The summed E-state index contributed by atoms with van der Waals surface area (Å²) in [6.45, 7) is 4.24. The monoisotopic (exact) mass is 294 g/mol. The van der Waals surface area contributed by atoms with Gasteiger partial charge in [0.1, 0.15) is 0 Å². The zero-order valence-corrected chi connectivity index (χ0v) is 11.8. The first-order valence-electron chi connectivity index (χ1n) is 6.40. The van der Waals surface area contributed by atoms with Crippen LogP contribution < -0.4 is 16.0 Å². The summed E-state index contributed by atoms with van der Waals surface area (Å²) in [5, 5.41) is 16.2. The first kappa shape index (κ1) is 16.4. The van der Waals surface area contributed by atoms with Crippen LogP contribution in [0.1, 0.15) is 24.3 Å². The van der Waals surface area contributed by atoms with Crippen molar-refractivity contribution in [2.24, 2.45) is 5.92 Å². The lowest BCUT2D eigenvalue weighted by atomic mass is 10.2. The van der Waals surface area contributed by atoms with Crippen molar-refractivity contribution in [3.05, 3.63) is 24.0 Å². The van der Waals surface area contributed by atoms with Gasteiger partial charge in [0.25, 0.3) is 0 Å². The molecule has 21 heavy (non-hydrogen) atoms. The topological polar surface area (TPSA) is 120 Å². The molecule has 8 nitrogen and oxygen atoms in total. The summed E-state index contributed by atoms with van der Waals surface area (Å²) in [5.74, 6) is -1.25. The van der Waals surface area contributed by atoms with Gasteiger partial charge in [0.05, 0.1) is 12.2 Å². The van der Waals surface area contributed by atoms with Crippen LogP contribution in [0.2, 0.25) is 0 Å². The fourth-order valence-electron chi connectivity index (χ4n) is 1.38. The maximum atomic E-state index is 11.6. The predicted molar refractivity (Wildman–Crippen MR) is 76.1 cm³/mol. The average Bonchev–Trinajstić information content (AvgIpc) is 2.43. The molecule has 0 radical (unpaired) electrons. The molecule has 0 unspecified atom stereocenters. The van der Waals surface area contributed by atoms with Crippen LogP contribution in [0.4, 0.5) is 10.5 Å². The number of aromatic nitrogens is 1. The Morgan fingerprint density at radius 2 is 2.00 bits per heavy atom. The molecule has 0 saturated heterocycles. The molecular formula is C13H18N4O4. The normalized spacial score (nSPS) is 10.0. The lowest BCUT2D eigenvalue weighted by Gasteiger charge is -2.10. The number of nitrogens with zero attached hydrogens (tertiary/aromatic N) is 1. The van der Waals surface area contributed by atoms with E-state index >= 15 is 0 Å². The number of carbonyl (C=O) groups excluding carboxylic acids is 2. The van der Waals surface area contributed by atoms with Crippen LogP contribution in [0.5, 0.6) is 0 Å². The van der Waals surface area contributed by atoms with Crippen molar-refractivity contribution in [3.63, 3.8) is 0 Å². The number of carbonyl (C=O) groups is 3. The number of amides is 3. The third kappa shape index (κ3) is 5.89. The summed E-state index contributed by atoms with van der Waals surface area (Å²) in [6.07, 6.45) is 1.31.